The molecule has 6 rings (SSSR count). The van der Waals surface area contributed by atoms with Gasteiger partial charge in [0, 0.05) is 17.5 Å². The van der Waals surface area contributed by atoms with Crippen molar-refractivity contribution >= 4 is 16.8 Å². The van der Waals surface area contributed by atoms with E-state index in [1.54, 1.807) is 10.6 Å². The quantitative estimate of drug-likeness (QED) is 0.687. The van der Waals surface area contributed by atoms with Crippen LogP contribution in [0.15, 0.2) is 29.1 Å². The van der Waals surface area contributed by atoms with E-state index in [1.807, 2.05) is 18.2 Å². The molecule has 4 bridgehead atoms. The monoisotopic (exact) mass is 408 g/mol. The van der Waals surface area contributed by atoms with Gasteiger partial charge in [-0.3, -0.25) is 9.59 Å². The van der Waals surface area contributed by atoms with Gasteiger partial charge in [-0.15, -0.1) is 0 Å². The Balaban J connectivity index is 1.52. The van der Waals surface area contributed by atoms with Crippen molar-refractivity contribution in [3.8, 4) is 5.75 Å². The minimum Gasteiger partial charge on any atom is -0.506 e. The number of carbonyl (C=O) groups is 1. The highest BCUT2D eigenvalue weighted by Gasteiger charge is 2.51. The molecule has 4 saturated carbocycles. The number of aromatic hydroxyl groups is 1. The average Bonchev–Trinajstić information content (AvgIpc) is 2.69. The van der Waals surface area contributed by atoms with Gasteiger partial charge in [-0.25, -0.2) is 0 Å². The summed E-state index contributed by atoms with van der Waals surface area (Å²) in [4.78, 5) is 26.8. The highest BCUT2D eigenvalue weighted by molar-refractivity contribution is 6.02. The fourth-order valence-corrected chi connectivity index (χ4v) is 6.90. The van der Waals surface area contributed by atoms with Crippen molar-refractivity contribution in [2.24, 2.45) is 17.8 Å². The Labute approximate surface area is 177 Å². The van der Waals surface area contributed by atoms with E-state index in [9.17, 15) is 14.7 Å². The largest absolute Gasteiger partial charge is 0.506 e. The van der Waals surface area contributed by atoms with Gasteiger partial charge in [-0.05, 0) is 74.8 Å². The Kier molecular flexibility index (Phi) is 4.87. The molecule has 0 atom stereocenters. The van der Waals surface area contributed by atoms with E-state index in [1.165, 1.54) is 19.3 Å². The first kappa shape index (κ1) is 19.7. The molecule has 2 aromatic rings. The molecule has 0 saturated heterocycles. The van der Waals surface area contributed by atoms with Gasteiger partial charge in [0.15, 0.2) is 0 Å². The molecule has 0 aliphatic heterocycles. The standard InChI is InChI=1S/C25H32N2O3/c1-2-3-6-9-27-20-8-5-4-7-19(20)22(28)21(24(27)30)23(29)26-25-13-16-10-17(14-25)12-18(11-16)15-25/h4-5,7-8,16-18,28H,2-3,6,9-15H2,1H3,(H,26,29). The van der Waals surface area contributed by atoms with E-state index < -0.39 is 5.91 Å². The normalized spacial score (nSPS) is 29.4. The molecule has 1 aromatic heterocycles. The first-order chi connectivity index (χ1) is 14.5. The molecule has 4 aliphatic rings. The van der Waals surface area contributed by atoms with E-state index in [0.717, 1.165) is 38.5 Å². The molecular weight excluding hydrogens is 376 g/mol. The summed E-state index contributed by atoms with van der Waals surface area (Å²) < 4.78 is 1.68. The molecule has 4 aliphatic carbocycles. The summed E-state index contributed by atoms with van der Waals surface area (Å²) in [6.07, 6.45) is 9.89. The van der Waals surface area contributed by atoms with Crippen LogP contribution >= 0.6 is 0 Å². The van der Waals surface area contributed by atoms with Gasteiger partial charge in [-0.2, -0.15) is 0 Å². The van der Waals surface area contributed by atoms with E-state index in [-0.39, 0.29) is 22.4 Å². The lowest BCUT2D eigenvalue weighted by Gasteiger charge is -2.56. The number of pyridine rings is 1. The highest BCUT2D eigenvalue weighted by atomic mass is 16.3. The lowest BCUT2D eigenvalue weighted by atomic mass is 9.53. The van der Waals surface area contributed by atoms with Crippen LogP contribution in [0.2, 0.25) is 0 Å². The molecule has 0 radical (unpaired) electrons. The number of aryl methyl sites for hydroxylation is 1. The van der Waals surface area contributed by atoms with Crippen molar-refractivity contribution in [1.82, 2.24) is 9.88 Å². The zero-order chi connectivity index (χ0) is 20.9. The number of carbonyl (C=O) groups excluding carboxylic acids is 1. The average molecular weight is 409 g/mol. The lowest BCUT2D eigenvalue weighted by Crippen LogP contribution is -2.60. The number of para-hydroxylation sites is 1. The van der Waals surface area contributed by atoms with E-state index in [2.05, 4.69) is 12.2 Å². The Morgan fingerprint density at radius 1 is 1.10 bits per heavy atom. The summed E-state index contributed by atoms with van der Waals surface area (Å²) in [6.45, 7) is 2.69. The molecule has 1 heterocycles. The summed E-state index contributed by atoms with van der Waals surface area (Å²) in [6, 6.07) is 7.35. The lowest BCUT2D eigenvalue weighted by molar-refractivity contribution is -0.0167. The second-order valence-electron chi connectivity index (χ2n) is 10.1. The van der Waals surface area contributed by atoms with E-state index in [4.69, 9.17) is 0 Å². The molecule has 1 amide bonds. The van der Waals surface area contributed by atoms with Crippen molar-refractivity contribution in [1.29, 1.82) is 0 Å². The molecule has 30 heavy (non-hydrogen) atoms. The summed E-state index contributed by atoms with van der Waals surface area (Å²) >= 11 is 0. The molecule has 1 aromatic carbocycles. The maximum absolute atomic E-state index is 13.4. The van der Waals surface area contributed by atoms with Crippen LogP contribution in [0.25, 0.3) is 10.9 Å². The van der Waals surface area contributed by atoms with Crippen LogP contribution in [-0.2, 0) is 6.54 Å². The number of benzene rings is 1. The number of amides is 1. The van der Waals surface area contributed by atoms with Crippen LogP contribution in [-0.4, -0.2) is 21.1 Å². The minimum absolute atomic E-state index is 0.0825. The van der Waals surface area contributed by atoms with Crippen molar-refractivity contribution in [2.45, 2.75) is 76.8 Å². The number of nitrogens with zero attached hydrogens (tertiary/aromatic N) is 1. The zero-order valence-electron chi connectivity index (χ0n) is 17.8. The number of fused-ring (bicyclic) bond motifs is 1. The predicted molar refractivity (Wildman–Crippen MR) is 118 cm³/mol. The fraction of sp³-hybridized carbons (Fsp3) is 0.600. The second kappa shape index (κ2) is 7.44. The third-order valence-corrected chi connectivity index (χ3v) is 7.78. The Bertz CT molecular complexity index is 1000. The second-order valence-corrected chi connectivity index (χ2v) is 10.1. The Hall–Kier alpha value is -2.30. The van der Waals surface area contributed by atoms with Crippen LogP contribution in [0.5, 0.6) is 5.75 Å². The number of unbranched alkanes of at least 4 members (excludes halogenated alkanes) is 2. The van der Waals surface area contributed by atoms with Gasteiger partial charge in [0.25, 0.3) is 11.5 Å². The number of rotatable bonds is 6. The minimum atomic E-state index is -0.394. The SMILES string of the molecule is CCCCCn1c(=O)c(C(=O)NC23CC4CC(CC(C4)C2)C3)c(O)c2ccccc21. The zero-order valence-corrected chi connectivity index (χ0v) is 17.8. The van der Waals surface area contributed by atoms with Crippen molar-refractivity contribution < 1.29 is 9.90 Å². The first-order valence-electron chi connectivity index (χ1n) is 11.7. The molecule has 2 N–H and O–H groups in total. The fourth-order valence-electron chi connectivity index (χ4n) is 6.90. The molecule has 0 spiro atoms. The molecule has 5 nitrogen and oxygen atoms in total. The van der Waals surface area contributed by atoms with E-state index >= 15 is 0 Å². The Morgan fingerprint density at radius 2 is 1.73 bits per heavy atom. The van der Waals surface area contributed by atoms with Crippen LogP contribution in [0.1, 0.15) is 75.1 Å². The number of hydrogen-bond donors (Lipinski definition) is 2. The third-order valence-electron chi connectivity index (χ3n) is 7.78. The summed E-state index contributed by atoms with van der Waals surface area (Å²) in [5.74, 6) is 1.53. The maximum Gasteiger partial charge on any atom is 0.267 e. The topological polar surface area (TPSA) is 71.3 Å². The maximum atomic E-state index is 13.4. The van der Waals surface area contributed by atoms with Crippen LogP contribution in [0.4, 0.5) is 0 Å². The van der Waals surface area contributed by atoms with Crippen LogP contribution in [0.3, 0.4) is 0 Å². The molecule has 5 heteroatoms. The van der Waals surface area contributed by atoms with Gasteiger partial charge in [-0.1, -0.05) is 31.9 Å². The van der Waals surface area contributed by atoms with Gasteiger partial charge >= 0.3 is 0 Å². The van der Waals surface area contributed by atoms with Gasteiger partial charge < -0.3 is 15.0 Å². The summed E-state index contributed by atoms with van der Waals surface area (Å²) in [7, 11) is 0. The third kappa shape index (κ3) is 3.23. The number of nitrogens with one attached hydrogen (secondary N) is 1. The van der Waals surface area contributed by atoms with Crippen molar-refractivity contribution in [3.05, 3.63) is 40.2 Å². The molecule has 0 unspecified atom stereocenters. The van der Waals surface area contributed by atoms with Crippen LogP contribution in [0, 0.1) is 17.8 Å². The van der Waals surface area contributed by atoms with Crippen LogP contribution < -0.4 is 10.9 Å². The smallest absolute Gasteiger partial charge is 0.267 e. The van der Waals surface area contributed by atoms with Gasteiger partial charge in [0.2, 0.25) is 0 Å². The highest BCUT2D eigenvalue weighted by Crippen LogP contribution is 2.55. The number of aromatic nitrogens is 1. The number of hydrogen-bond acceptors (Lipinski definition) is 3. The molecular formula is C25H32N2O3. The Morgan fingerprint density at radius 3 is 2.37 bits per heavy atom. The summed E-state index contributed by atoms with van der Waals surface area (Å²) in [5.41, 5.74) is 0.0524. The molecule has 4 fully saturated rings. The van der Waals surface area contributed by atoms with E-state index in [0.29, 0.717) is 35.2 Å². The van der Waals surface area contributed by atoms with Crippen molar-refractivity contribution in [3.63, 3.8) is 0 Å². The van der Waals surface area contributed by atoms with Gasteiger partial charge in [0.05, 0.1) is 5.52 Å². The first-order valence-corrected chi connectivity index (χ1v) is 11.7. The molecule has 160 valence electrons. The van der Waals surface area contributed by atoms with Gasteiger partial charge in [0.1, 0.15) is 11.3 Å². The van der Waals surface area contributed by atoms with Crippen molar-refractivity contribution in [2.75, 3.05) is 0 Å². The summed E-state index contributed by atoms with van der Waals surface area (Å²) in [5, 5.41) is 14.8. The predicted octanol–water partition coefficient (Wildman–Crippen LogP) is 4.60.